The van der Waals surface area contributed by atoms with E-state index in [4.69, 9.17) is 4.42 Å². The van der Waals surface area contributed by atoms with E-state index in [0.29, 0.717) is 0 Å². The lowest BCUT2D eigenvalue weighted by atomic mass is 10.2. The van der Waals surface area contributed by atoms with E-state index in [1.54, 1.807) is 18.0 Å². The average Bonchev–Trinajstić information content (AvgIpc) is 2.96. The minimum absolute atomic E-state index is 0.256. The summed E-state index contributed by atoms with van der Waals surface area (Å²) in [6, 6.07) is 4.16. The number of nitrogens with zero attached hydrogens (tertiary/aromatic N) is 2. The smallest absolute Gasteiger partial charge is 0.167 e. The number of thioether (sulfide) groups is 1. The number of hydrogen-bond acceptors (Lipinski definition) is 4. The van der Waals surface area contributed by atoms with Gasteiger partial charge in [-0.1, -0.05) is 11.8 Å². The third-order valence-electron chi connectivity index (χ3n) is 2.53. The second-order valence-corrected chi connectivity index (χ2v) is 4.92. The number of rotatable bonds is 6. The summed E-state index contributed by atoms with van der Waals surface area (Å²) in [5, 5.41) is 4.47. The summed E-state index contributed by atoms with van der Waals surface area (Å²) in [7, 11) is 2.01. The summed E-state index contributed by atoms with van der Waals surface area (Å²) in [6.07, 6.45) is 5.48. The second-order valence-electron chi connectivity index (χ2n) is 3.86. The molecule has 2 rings (SSSR count). The summed E-state index contributed by atoms with van der Waals surface area (Å²) in [5.41, 5.74) is 0. The maximum absolute atomic E-state index is 5.33. The Labute approximate surface area is 105 Å². The number of nitrogens with one attached hydrogen (secondary N) is 1. The molecule has 2 aromatic rings. The summed E-state index contributed by atoms with van der Waals surface area (Å²) in [4.78, 5) is 4.26. The van der Waals surface area contributed by atoms with Crippen LogP contribution in [0.4, 0.5) is 0 Å². The fourth-order valence-electron chi connectivity index (χ4n) is 1.55. The maximum atomic E-state index is 5.33. The summed E-state index contributed by atoms with van der Waals surface area (Å²) >= 11 is 1.75. The molecule has 0 radical (unpaired) electrons. The van der Waals surface area contributed by atoms with Gasteiger partial charge in [0.15, 0.2) is 5.16 Å². The Hall–Kier alpha value is -1.20. The Balaban J connectivity index is 1.68. The molecular weight excluding hydrogens is 234 g/mol. The Morgan fingerprint density at radius 1 is 1.59 bits per heavy atom. The Morgan fingerprint density at radius 3 is 3.12 bits per heavy atom. The molecule has 0 aliphatic heterocycles. The first-order valence-electron chi connectivity index (χ1n) is 5.64. The zero-order chi connectivity index (χ0) is 12.1. The Morgan fingerprint density at radius 2 is 2.47 bits per heavy atom. The van der Waals surface area contributed by atoms with E-state index < -0.39 is 0 Å². The van der Waals surface area contributed by atoms with Gasteiger partial charge in [0.2, 0.25) is 0 Å². The van der Waals surface area contributed by atoms with Gasteiger partial charge in [0.05, 0.1) is 12.3 Å². The molecule has 1 N–H and O–H groups in total. The van der Waals surface area contributed by atoms with Crippen molar-refractivity contribution in [2.75, 3.05) is 12.3 Å². The van der Waals surface area contributed by atoms with E-state index in [1.165, 1.54) is 0 Å². The van der Waals surface area contributed by atoms with Crippen LogP contribution in [0.15, 0.2) is 40.4 Å². The molecule has 0 spiro atoms. The molecule has 2 aromatic heterocycles. The zero-order valence-electron chi connectivity index (χ0n) is 10.1. The van der Waals surface area contributed by atoms with Crippen LogP contribution in [0.25, 0.3) is 0 Å². The molecule has 0 fully saturated rings. The molecule has 1 atom stereocenters. The standard InChI is InChI=1S/C12H17N3OS/c1-10(11-4-3-8-16-11)13-6-9-17-12-14-5-7-15(12)2/h3-5,7-8,10,13H,6,9H2,1-2H3. The van der Waals surface area contributed by atoms with Crippen molar-refractivity contribution < 1.29 is 4.42 Å². The van der Waals surface area contributed by atoms with Crippen LogP contribution in [0.1, 0.15) is 18.7 Å². The Bertz CT molecular complexity index is 438. The molecule has 1 unspecified atom stereocenters. The minimum Gasteiger partial charge on any atom is -0.468 e. The van der Waals surface area contributed by atoms with Gasteiger partial charge in [-0.05, 0) is 19.1 Å². The number of aryl methyl sites for hydroxylation is 1. The van der Waals surface area contributed by atoms with Crippen LogP contribution in [0.5, 0.6) is 0 Å². The predicted octanol–water partition coefficient (Wildman–Crippen LogP) is 2.46. The largest absolute Gasteiger partial charge is 0.468 e. The highest BCUT2D eigenvalue weighted by Crippen LogP contribution is 2.15. The molecule has 0 aromatic carbocycles. The number of imidazole rings is 1. The van der Waals surface area contributed by atoms with Gasteiger partial charge in [0.25, 0.3) is 0 Å². The van der Waals surface area contributed by atoms with Gasteiger partial charge in [0.1, 0.15) is 5.76 Å². The van der Waals surface area contributed by atoms with Gasteiger partial charge in [-0.2, -0.15) is 0 Å². The van der Waals surface area contributed by atoms with Crippen LogP contribution < -0.4 is 5.32 Å². The van der Waals surface area contributed by atoms with Gasteiger partial charge in [-0.25, -0.2) is 4.98 Å². The van der Waals surface area contributed by atoms with Crippen molar-refractivity contribution in [3.63, 3.8) is 0 Å². The normalized spacial score (nSPS) is 12.8. The third kappa shape index (κ3) is 3.38. The molecule has 0 amide bonds. The fourth-order valence-corrected chi connectivity index (χ4v) is 2.35. The van der Waals surface area contributed by atoms with Gasteiger partial charge >= 0.3 is 0 Å². The van der Waals surface area contributed by atoms with E-state index >= 15 is 0 Å². The first-order chi connectivity index (χ1) is 8.27. The number of aromatic nitrogens is 2. The first kappa shape index (κ1) is 12.3. The van der Waals surface area contributed by atoms with Crippen molar-refractivity contribution >= 4 is 11.8 Å². The van der Waals surface area contributed by atoms with Crippen LogP contribution in [-0.4, -0.2) is 21.8 Å². The molecule has 0 saturated carbocycles. The van der Waals surface area contributed by atoms with Crippen molar-refractivity contribution in [3.05, 3.63) is 36.5 Å². The molecule has 92 valence electrons. The third-order valence-corrected chi connectivity index (χ3v) is 3.59. The summed E-state index contributed by atoms with van der Waals surface area (Å²) in [6.45, 7) is 3.03. The van der Waals surface area contributed by atoms with Crippen molar-refractivity contribution in [2.45, 2.75) is 18.1 Å². The lowest BCUT2D eigenvalue weighted by molar-refractivity contribution is 0.438. The fraction of sp³-hybridized carbons (Fsp3) is 0.417. The zero-order valence-corrected chi connectivity index (χ0v) is 10.9. The SMILES string of the molecule is CC(NCCSc1nccn1C)c1ccco1. The van der Waals surface area contributed by atoms with Gasteiger partial charge in [0, 0.05) is 31.7 Å². The molecule has 0 saturated heterocycles. The van der Waals surface area contributed by atoms with E-state index in [-0.39, 0.29) is 6.04 Å². The molecule has 5 heteroatoms. The molecular formula is C12H17N3OS. The van der Waals surface area contributed by atoms with E-state index in [0.717, 1.165) is 23.2 Å². The average molecular weight is 251 g/mol. The van der Waals surface area contributed by atoms with Crippen LogP contribution >= 0.6 is 11.8 Å². The second kappa shape index (κ2) is 5.93. The quantitative estimate of drug-likeness (QED) is 0.632. The van der Waals surface area contributed by atoms with Crippen LogP contribution in [0.2, 0.25) is 0 Å². The summed E-state index contributed by atoms with van der Waals surface area (Å²) < 4.78 is 7.36. The molecule has 17 heavy (non-hydrogen) atoms. The van der Waals surface area contributed by atoms with Crippen LogP contribution in [-0.2, 0) is 7.05 Å². The van der Waals surface area contributed by atoms with Gasteiger partial charge in [-0.15, -0.1) is 0 Å². The van der Waals surface area contributed by atoms with Gasteiger partial charge in [-0.3, -0.25) is 0 Å². The summed E-state index contributed by atoms with van der Waals surface area (Å²) in [5.74, 6) is 1.97. The lowest BCUT2D eigenvalue weighted by Crippen LogP contribution is -2.21. The topological polar surface area (TPSA) is 43.0 Å². The Kier molecular flexibility index (Phi) is 4.28. The first-order valence-corrected chi connectivity index (χ1v) is 6.63. The molecule has 0 aliphatic rings. The molecule has 0 aliphatic carbocycles. The molecule has 4 nitrogen and oxygen atoms in total. The van der Waals surface area contributed by atoms with Crippen molar-refractivity contribution in [3.8, 4) is 0 Å². The number of furan rings is 1. The van der Waals surface area contributed by atoms with E-state index in [1.807, 2.05) is 36.1 Å². The highest BCUT2D eigenvalue weighted by atomic mass is 32.2. The maximum Gasteiger partial charge on any atom is 0.167 e. The lowest BCUT2D eigenvalue weighted by Gasteiger charge is -2.10. The highest BCUT2D eigenvalue weighted by Gasteiger charge is 2.07. The van der Waals surface area contributed by atoms with Crippen molar-refractivity contribution in [1.82, 2.24) is 14.9 Å². The van der Waals surface area contributed by atoms with E-state index in [2.05, 4.69) is 17.2 Å². The minimum atomic E-state index is 0.256. The van der Waals surface area contributed by atoms with Crippen molar-refractivity contribution in [1.29, 1.82) is 0 Å². The van der Waals surface area contributed by atoms with Crippen molar-refractivity contribution in [2.24, 2.45) is 7.05 Å². The molecule has 2 heterocycles. The van der Waals surface area contributed by atoms with Crippen LogP contribution in [0.3, 0.4) is 0 Å². The van der Waals surface area contributed by atoms with Crippen LogP contribution in [0, 0.1) is 0 Å². The predicted molar refractivity (Wildman–Crippen MR) is 69.1 cm³/mol. The van der Waals surface area contributed by atoms with E-state index in [9.17, 15) is 0 Å². The highest BCUT2D eigenvalue weighted by molar-refractivity contribution is 7.99. The number of hydrogen-bond donors (Lipinski definition) is 1. The monoisotopic (exact) mass is 251 g/mol. The van der Waals surface area contributed by atoms with Gasteiger partial charge < -0.3 is 14.3 Å². The molecule has 0 bridgehead atoms.